The minimum atomic E-state index is 0.0466. The Morgan fingerprint density at radius 1 is 1.30 bits per heavy atom. The topological polar surface area (TPSA) is 80.1 Å². The number of nitrogens with zero attached hydrogens (tertiary/aromatic N) is 4. The van der Waals surface area contributed by atoms with Crippen LogP contribution in [0, 0.1) is 0 Å². The lowest BCUT2D eigenvalue weighted by molar-refractivity contribution is 0.171. The van der Waals surface area contributed by atoms with Crippen LogP contribution in [0.5, 0.6) is 5.75 Å². The van der Waals surface area contributed by atoms with Gasteiger partial charge in [0.1, 0.15) is 5.75 Å². The molecule has 0 fully saturated rings. The van der Waals surface area contributed by atoms with E-state index < -0.39 is 0 Å². The molecule has 0 spiro atoms. The van der Waals surface area contributed by atoms with Crippen molar-refractivity contribution in [1.29, 1.82) is 0 Å². The molecular formula is C16H17N5O2. The van der Waals surface area contributed by atoms with E-state index in [0.29, 0.717) is 11.7 Å². The van der Waals surface area contributed by atoms with Gasteiger partial charge in [-0.1, -0.05) is 5.16 Å². The summed E-state index contributed by atoms with van der Waals surface area (Å²) in [5.41, 5.74) is 3.12. The Kier molecular flexibility index (Phi) is 3.34. The fourth-order valence-corrected chi connectivity index (χ4v) is 2.86. The number of likely N-dealkylation sites (N-methyl/N-ethyl adjacent to an activating group) is 1. The number of rotatable bonds is 3. The average Bonchev–Trinajstić information content (AvgIpc) is 3.23. The molecule has 1 N–H and O–H groups in total. The standard InChI is InChI=1S/C16H17N5O2/c1-21-8-13-12(17-9-18-13)7-14(21)16-19-15(20-23-16)10-3-5-11(22-2)6-4-10/h3-6,9,14H,7-8H2,1-2H3,(H,17,18). The van der Waals surface area contributed by atoms with Crippen LogP contribution in [0.1, 0.15) is 23.3 Å². The first-order valence-corrected chi connectivity index (χ1v) is 7.44. The number of aromatic nitrogens is 4. The maximum absolute atomic E-state index is 5.51. The molecule has 1 aliphatic rings. The summed E-state index contributed by atoms with van der Waals surface area (Å²) in [6.45, 7) is 0.792. The minimum Gasteiger partial charge on any atom is -0.497 e. The second-order valence-electron chi connectivity index (χ2n) is 5.65. The first-order chi connectivity index (χ1) is 11.2. The number of nitrogens with one attached hydrogen (secondary N) is 1. The third-order valence-corrected chi connectivity index (χ3v) is 4.21. The highest BCUT2D eigenvalue weighted by Gasteiger charge is 2.30. The van der Waals surface area contributed by atoms with E-state index in [2.05, 4.69) is 25.0 Å². The number of methoxy groups -OCH3 is 1. The lowest BCUT2D eigenvalue weighted by Crippen LogP contribution is -2.31. The molecule has 1 atom stereocenters. The van der Waals surface area contributed by atoms with Crippen LogP contribution in [-0.4, -0.2) is 39.2 Å². The molecule has 1 unspecified atom stereocenters. The molecule has 0 bridgehead atoms. The normalized spacial score (nSPS) is 17.9. The molecule has 0 amide bonds. The Labute approximate surface area is 133 Å². The van der Waals surface area contributed by atoms with Crippen LogP contribution in [0.25, 0.3) is 11.4 Å². The lowest BCUT2D eigenvalue weighted by Gasteiger charge is -2.28. The van der Waals surface area contributed by atoms with Crippen molar-refractivity contribution in [2.45, 2.75) is 19.0 Å². The molecule has 0 saturated heterocycles. The quantitative estimate of drug-likeness (QED) is 0.798. The maximum atomic E-state index is 5.51. The van der Waals surface area contributed by atoms with Crippen molar-refractivity contribution in [1.82, 2.24) is 25.0 Å². The van der Waals surface area contributed by atoms with Crippen LogP contribution in [0.4, 0.5) is 0 Å². The van der Waals surface area contributed by atoms with E-state index in [4.69, 9.17) is 9.26 Å². The van der Waals surface area contributed by atoms with Crippen LogP contribution in [0.2, 0.25) is 0 Å². The molecule has 1 aliphatic heterocycles. The summed E-state index contributed by atoms with van der Waals surface area (Å²) in [6, 6.07) is 7.65. The number of fused-ring (bicyclic) bond motifs is 1. The van der Waals surface area contributed by atoms with Gasteiger partial charge in [-0.2, -0.15) is 4.98 Å². The summed E-state index contributed by atoms with van der Waals surface area (Å²) in [5, 5.41) is 4.11. The number of hydrogen-bond acceptors (Lipinski definition) is 6. The van der Waals surface area contributed by atoms with Gasteiger partial charge in [0.2, 0.25) is 11.7 Å². The van der Waals surface area contributed by atoms with Crippen molar-refractivity contribution >= 4 is 0 Å². The van der Waals surface area contributed by atoms with Gasteiger partial charge in [0.15, 0.2) is 0 Å². The van der Waals surface area contributed by atoms with Crippen molar-refractivity contribution < 1.29 is 9.26 Å². The summed E-state index contributed by atoms with van der Waals surface area (Å²) >= 11 is 0. The second kappa shape index (κ2) is 5.51. The molecule has 2 aromatic heterocycles. The minimum absolute atomic E-state index is 0.0466. The van der Waals surface area contributed by atoms with E-state index in [1.807, 2.05) is 31.3 Å². The molecule has 1 aromatic carbocycles. The molecule has 3 aromatic rings. The van der Waals surface area contributed by atoms with Crippen LogP contribution >= 0.6 is 0 Å². The van der Waals surface area contributed by atoms with Crippen LogP contribution in [0.3, 0.4) is 0 Å². The summed E-state index contributed by atoms with van der Waals surface area (Å²) in [7, 11) is 3.69. The summed E-state index contributed by atoms with van der Waals surface area (Å²) in [4.78, 5) is 14.3. The molecule has 3 heterocycles. The Balaban J connectivity index is 1.60. The van der Waals surface area contributed by atoms with Crippen LogP contribution < -0.4 is 4.74 Å². The van der Waals surface area contributed by atoms with Gasteiger partial charge < -0.3 is 14.2 Å². The lowest BCUT2D eigenvalue weighted by atomic mass is 10.0. The third-order valence-electron chi connectivity index (χ3n) is 4.21. The predicted octanol–water partition coefficient (Wildman–Crippen LogP) is 2.20. The number of benzene rings is 1. The third kappa shape index (κ3) is 2.49. The number of ether oxygens (including phenoxy) is 1. The molecule has 118 valence electrons. The zero-order chi connectivity index (χ0) is 15.8. The monoisotopic (exact) mass is 311 g/mol. The largest absolute Gasteiger partial charge is 0.497 e. The van der Waals surface area contributed by atoms with E-state index in [1.165, 1.54) is 0 Å². The van der Waals surface area contributed by atoms with Gasteiger partial charge in [-0.25, -0.2) is 4.98 Å². The van der Waals surface area contributed by atoms with Gasteiger partial charge >= 0.3 is 0 Å². The molecule has 23 heavy (non-hydrogen) atoms. The highest BCUT2D eigenvalue weighted by atomic mass is 16.5. The zero-order valence-corrected chi connectivity index (χ0v) is 13.0. The predicted molar refractivity (Wildman–Crippen MR) is 82.8 cm³/mol. The number of aromatic amines is 1. The van der Waals surface area contributed by atoms with E-state index in [0.717, 1.165) is 35.7 Å². The molecular weight excluding hydrogens is 294 g/mol. The van der Waals surface area contributed by atoms with Gasteiger partial charge in [0, 0.05) is 18.5 Å². The number of hydrogen-bond donors (Lipinski definition) is 1. The molecule has 0 radical (unpaired) electrons. The summed E-state index contributed by atoms with van der Waals surface area (Å²) in [5.74, 6) is 2.01. The molecule has 7 heteroatoms. The Bertz CT molecular complexity index is 808. The van der Waals surface area contributed by atoms with Crippen molar-refractivity contribution in [3.63, 3.8) is 0 Å². The molecule has 7 nitrogen and oxygen atoms in total. The maximum Gasteiger partial charge on any atom is 0.244 e. The fraction of sp³-hybridized carbons (Fsp3) is 0.312. The molecule has 4 rings (SSSR count). The van der Waals surface area contributed by atoms with Crippen molar-refractivity contribution in [3.8, 4) is 17.1 Å². The first-order valence-electron chi connectivity index (χ1n) is 7.44. The van der Waals surface area contributed by atoms with Gasteiger partial charge in [-0.05, 0) is 31.3 Å². The summed E-state index contributed by atoms with van der Waals surface area (Å²) < 4.78 is 10.7. The summed E-state index contributed by atoms with van der Waals surface area (Å²) in [6.07, 6.45) is 2.50. The van der Waals surface area contributed by atoms with Crippen LogP contribution in [0.15, 0.2) is 35.1 Å². The second-order valence-corrected chi connectivity index (χ2v) is 5.65. The average molecular weight is 311 g/mol. The van der Waals surface area contributed by atoms with Gasteiger partial charge in [0.05, 0.1) is 30.9 Å². The molecule has 0 saturated carbocycles. The van der Waals surface area contributed by atoms with Crippen molar-refractivity contribution in [2.75, 3.05) is 14.2 Å². The highest BCUT2D eigenvalue weighted by molar-refractivity contribution is 5.55. The number of H-pyrrole nitrogens is 1. The van der Waals surface area contributed by atoms with Crippen molar-refractivity contribution in [2.24, 2.45) is 0 Å². The van der Waals surface area contributed by atoms with Gasteiger partial charge in [-0.3, -0.25) is 4.90 Å². The smallest absolute Gasteiger partial charge is 0.244 e. The SMILES string of the molecule is COc1ccc(-c2noc(C3Cc4nc[nH]c4CN3C)n2)cc1. The Hall–Kier alpha value is -2.67. The Morgan fingerprint density at radius 2 is 2.13 bits per heavy atom. The molecule has 0 aliphatic carbocycles. The van der Waals surface area contributed by atoms with E-state index in [-0.39, 0.29) is 6.04 Å². The Morgan fingerprint density at radius 3 is 2.91 bits per heavy atom. The van der Waals surface area contributed by atoms with Gasteiger partial charge in [0.25, 0.3) is 0 Å². The van der Waals surface area contributed by atoms with E-state index in [9.17, 15) is 0 Å². The number of imidazole rings is 1. The van der Waals surface area contributed by atoms with E-state index in [1.54, 1.807) is 13.4 Å². The van der Waals surface area contributed by atoms with Crippen molar-refractivity contribution in [3.05, 3.63) is 47.9 Å². The first kappa shape index (κ1) is 14.0. The van der Waals surface area contributed by atoms with E-state index >= 15 is 0 Å². The van der Waals surface area contributed by atoms with Crippen LogP contribution in [-0.2, 0) is 13.0 Å². The fourth-order valence-electron chi connectivity index (χ4n) is 2.86. The zero-order valence-electron chi connectivity index (χ0n) is 13.0. The highest BCUT2D eigenvalue weighted by Crippen LogP contribution is 2.30. The van der Waals surface area contributed by atoms with Gasteiger partial charge in [-0.15, -0.1) is 0 Å².